The molecule has 1 atom stereocenters. The molecule has 0 N–H and O–H groups in total. The predicted molar refractivity (Wildman–Crippen MR) is 119 cm³/mol. The highest BCUT2D eigenvalue weighted by molar-refractivity contribution is 5.76. The second-order valence-electron chi connectivity index (χ2n) is 8.21. The van der Waals surface area contributed by atoms with Gasteiger partial charge in [0.1, 0.15) is 5.82 Å². The number of amides is 1. The number of carbonyl (C=O) groups excluding carboxylic acids is 1. The second kappa shape index (κ2) is 10.3. The number of pyridine rings is 1. The highest BCUT2D eigenvalue weighted by Crippen LogP contribution is 2.32. The molecule has 7 nitrogen and oxygen atoms in total. The molecule has 1 fully saturated rings. The first-order valence-corrected chi connectivity index (χ1v) is 11.4. The first kappa shape index (κ1) is 23.8. The number of fused-ring (bicyclic) bond motifs is 1. The summed E-state index contributed by atoms with van der Waals surface area (Å²) in [6.45, 7) is 3.84. The molecule has 1 amide bonds. The van der Waals surface area contributed by atoms with Gasteiger partial charge in [0.2, 0.25) is 5.91 Å². The fraction of sp³-hybridized carbons (Fsp3) is 0.458. The summed E-state index contributed by atoms with van der Waals surface area (Å²) >= 11 is 0. The molecule has 0 radical (unpaired) electrons. The normalized spacial score (nSPS) is 16.6. The summed E-state index contributed by atoms with van der Waals surface area (Å²) in [6.07, 6.45) is -1.06. The molecule has 1 aromatic carbocycles. The number of benzene rings is 1. The van der Waals surface area contributed by atoms with Crippen LogP contribution in [0.2, 0.25) is 0 Å². The summed E-state index contributed by atoms with van der Waals surface area (Å²) in [7, 11) is 0. The van der Waals surface area contributed by atoms with Gasteiger partial charge in [-0.25, -0.2) is 0 Å². The number of nitrogens with zero attached hydrogens (tertiary/aromatic N) is 4. The standard InChI is InChI=1S/C24H27F3N4O3/c1-2-33-19-8-3-4-9-20(19)34-14-6-10-22(32)30-13-5-7-17(15-30)23-29-28-21-12-11-18(16-31(21)23)24(25,26)27/h3-4,8-9,11-12,16-17H,2,5-7,10,13-15H2,1H3. The smallest absolute Gasteiger partial charge is 0.417 e. The van der Waals surface area contributed by atoms with Gasteiger partial charge in [-0.2, -0.15) is 13.2 Å². The summed E-state index contributed by atoms with van der Waals surface area (Å²) in [4.78, 5) is 14.6. The highest BCUT2D eigenvalue weighted by atomic mass is 19.4. The Kier molecular flexibility index (Phi) is 7.23. The Labute approximate surface area is 195 Å². The van der Waals surface area contributed by atoms with Gasteiger partial charge in [-0.1, -0.05) is 12.1 Å². The van der Waals surface area contributed by atoms with Gasteiger partial charge in [0.15, 0.2) is 17.1 Å². The van der Waals surface area contributed by atoms with Crippen molar-refractivity contribution in [3.05, 3.63) is 54.0 Å². The molecule has 0 bridgehead atoms. The Morgan fingerprint density at radius 1 is 1.12 bits per heavy atom. The van der Waals surface area contributed by atoms with E-state index in [1.54, 1.807) is 4.90 Å². The van der Waals surface area contributed by atoms with Crippen molar-refractivity contribution in [2.24, 2.45) is 0 Å². The maximum absolute atomic E-state index is 13.2. The van der Waals surface area contributed by atoms with Crippen molar-refractivity contribution >= 4 is 11.6 Å². The molecule has 10 heteroatoms. The zero-order valence-corrected chi connectivity index (χ0v) is 18.9. The Balaban J connectivity index is 1.34. The van der Waals surface area contributed by atoms with E-state index < -0.39 is 11.7 Å². The van der Waals surface area contributed by atoms with Crippen molar-refractivity contribution < 1.29 is 27.4 Å². The molecule has 1 unspecified atom stereocenters. The van der Waals surface area contributed by atoms with Crippen molar-refractivity contribution in [2.75, 3.05) is 26.3 Å². The van der Waals surface area contributed by atoms with E-state index in [0.29, 0.717) is 62.1 Å². The van der Waals surface area contributed by atoms with Crippen LogP contribution in [0.25, 0.3) is 5.65 Å². The van der Waals surface area contributed by atoms with Crippen LogP contribution in [0, 0.1) is 0 Å². The lowest BCUT2D eigenvalue weighted by Gasteiger charge is -2.32. The number of likely N-dealkylation sites (tertiary alicyclic amines) is 1. The van der Waals surface area contributed by atoms with E-state index >= 15 is 0 Å². The zero-order chi connectivity index (χ0) is 24.1. The van der Waals surface area contributed by atoms with Gasteiger partial charge in [-0.15, -0.1) is 10.2 Å². The van der Waals surface area contributed by atoms with Crippen LogP contribution in [0.5, 0.6) is 11.5 Å². The number of ether oxygens (including phenoxy) is 2. The number of hydrogen-bond donors (Lipinski definition) is 0. The molecule has 0 saturated carbocycles. The minimum absolute atomic E-state index is 0.00352. The SMILES string of the molecule is CCOc1ccccc1OCCCC(=O)N1CCCC(c2nnc3ccc(C(F)(F)F)cn23)C1. The predicted octanol–water partition coefficient (Wildman–Crippen LogP) is 4.71. The summed E-state index contributed by atoms with van der Waals surface area (Å²) < 4.78 is 52.2. The molecule has 1 aliphatic rings. The van der Waals surface area contributed by atoms with Crippen LogP contribution >= 0.6 is 0 Å². The Bertz CT molecular complexity index is 1130. The number of hydrogen-bond acceptors (Lipinski definition) is 5. The largest absolute Gasteiger partial charge is 0.490 e. The number of halogens is 3. The van der Waals surface area contributed by atoms with Crippen LogP contribution in [0.4, 0.5) is 13.2 Å². The fourth-order valence-corrected chi connectivity index (χ4v) is 4.18. The van der Waals surface area contributed by atoms with Gasteiger partial charge in [-0.05, 0) is 50.5 Å². The number of para-hydroxylation sites is 2. The molecular weight excluding hydrogens is 449 g/mol. The summed E-state index contributed by atoms with van der Waals surface area (Å²) in [5.41, 5.74) is -0.397. The van der Waals surface area contributed by atoms with Crippen molar-refractivity contribution in [2.45, 2.75) is 44.7 Å². The van der Waals surface area contributed by atoms with E-state index in [-0.39, 0.29) is 11.8 Å². The quantitative estimate of drug-likeness (QED) is 0.441. The molecule has 1 saturated heterocycles. The van der Waals surface area contributed by atoms with Crippen LogP contribution in [0.1, 0.15) is 49.9 Å². The van der Waals surface area contributed by atoms with Crippen LogP contribution in [0.15, 0.2) is 42.6 Å². The molecule has 2 aromatic heterocycles. The van der Waals surface area contributed by atoms with Gasteiger partial charge in [-0.3, -0.25) is 9.20 Å². The van der Waals surface area contributed by atoms with Gasteiger partial charge >= 0.3 is 6.18 Å². The Hall–Kier alpha value is -3.30. The lowest BCUT2D eigenvalue weighted by Crippen LogP contribution is -2.39. The van der Waals surface area contributed by atoms with Crippen molar-refractivity contribution in [1.29, 1.82) is 0 Å². The molecule has 0 spiro atoms. The van der Waals surface area contributed by atoms with Crippen LogP contribution in [-0.2, 0) is 11.0 Å². The number of piperidine rings is 1. The molecule has 0 aliphatic carbocycles. The summed E-state index contributed by atoms with van der Waals surface area (Å²) in [6, 6.07) is 9.71. The lowest BCUT2D eigenvalue weighted by atomic mass is 9.96. The zero-order valence-electron chi connectivity index (χ0n) is 18.9. The van der Waals surface area contributed by atoms with E-state index in [1.165, 1.54) is 10.5 Å². The number of alkyl halides is 3. The third-order valence-electron chi connectivity index (χ3n) is 5.84. The third kappa shape index (κ3) is 5.43. The minimum atomic E-state index is -4.45. The first-order valence-electron chi connectivity index (χ1n) is 11.4. The molecule has 1 aliphatic heterocycles. The first-order chi connectivity index (χ1) is 16.4. The van der Waals surface area contributed by atoms with Gasteiger partial charge in [0, 0.05) is 31.6 Å². The van der Waals surface area contributed by atoms with Crippen LogP contribution < -0.4 is 9.47 Å². The van der Waals surface area contributed by atoms with Crippen molar-refractivity contribution in [3.63, 3.8) is 0 Å². The minimum Gasteiger partial charge on any atom is -0.490 e. The number of rotatable bonds is 8. The van der Waals surface area contributed by atoms with Crippen LogP contribution in [-0.4, -0.2) is 51.7 Å². The van der Waals surface area contributed by atoms with Crippen molar-refractivity contribution in [1.82, 2.24) is 19.5 Å². The molecule has 3 aromatic rings. The van der Waals surface area contributed by atoms with E-state index in [1.807, 2.05) is 31.2 Å². The monoisotopic (exact) mass is 476 g/mol. The molecular formula is C24H27F3N4O3. The van der Waals surface area contributed by atoms with Crippen molar-refractivity contribution in [3.8, 4) is 11.5 Å². The second-order valence-corrected chi connectivity index (χ2v) is 8.21. The average Bonchev–Trinajstić information content (AvgIpc) is 3.26. The third-order valence-corrected chi connectivity index (χ3v) is 5.84. The van der Waals surface area contributed by atoms with Gasteiger partial charge in [0.25, 0.3) is 0 Å². The fourth-order valence-electron chi connectivity index (χ4n) is 4.18. The lowest BCUT2D eigenvalue weighted by molar-refractivity contribution is -0.137. The van der Waals surface area contributed by atoms with Gasteiger partial charge in [0.05, 0.1) is 18.8 Å². The maximum atomic E-state index is 13.2. The molecule has 34 heavy (non-hydrogen) atoms. The average molecular weight is 476 g/mol. The van der Waals surface area contributed by atoms with E-state index in [9.17, 15) is 18.0 Å². The van der Waals surface area contributed by atoms with Crippen LogP contribution in [0.3, 0.4) is 0 Å². The Morgan fingerprint density at radius 3 is 2.62 bits per heavy atom. The number of carbonyl (C=O) groups is 1. The summed E-state index contributed by atoms with van der Waals surface area (Å²) in [5.74, 6) is 1.59. The Morgan fingerprint density at radius 2 is 1.88 bits per heavy atom. The van der Waals surface area contributed by atoms with Gasteiger partial charge < -0.3 is 14.4 Å². The van der Waals surface area contributed by atoms with E-state index in [4.69, 9.17) is 9.47 Å². The molecule has 3 heterocycles. The van der Waals surface area contributed by atoms with E-state index in [0.717, 1.165) is 25.1 Å². The maximum Gasteiger partial charge on any atom is 0.417 e. The highest BCUT2D eigenvalue weighted by Gasteiger charge is 2.32. The summed E-state index contributed by atoms with van der Waals surface area (Å²) in [5, 5.41) is 8.16. The topological polar surface area (TPSA) is 69.0 Å². The van der Waals surface area contributed by atoms with E-state index in [2.05, 4.69) is 10.2 Å². The molecule has 182 valence electrons. The number of aromatic nitrogens is 3. The molecule has 4 rings (SSSR count).